The topological polar surface area (TPSA) is 85.8 Å². The normalized spacial score (nSPS) is 14.7. The third kappa shape index (κ3) is 2.51. The van der Waals surface area contributed by atoms with Crippen LogP contribution in [0.25, 0.3) is 0 Å². The van der Waals surface area contributed by atoms with Gasteiger partial charge in [-0.1, -0.05) is 0 Å². The molecule has 7 heteroatoms. The summed E-state index contributed by atoms with van der Waals surface area (Å²) in [6, 6.07) is 1.65. The SMILES string of the molecule is Nc1ccn(CC(=O)Nc2nc(C3CC3)cs2)n1. The quantitative estimate of drug-likeness (QED) is 0.874. The zero-order valence-corrected chi connectivity index (χ0v) is 10.5. The van der Waals surface area contributed by atoms with E-state index in [-0.39, 0.29) is 12.5 Å². The Labute approximate surface area is 108 Å². The van der Waals surface area contributed by atoms with Crippen LogP contribution in [0.15, 0.2) is 17.6 Å². The number of amides is 1. The summed E-state index contributed by atoms with van der Waals surface area (Å²) in [7, 11) is 0. The highest BCUT2D eigenvalue weighted by atomic mass is 32.1. The predicted molar refractivity (Wildman–Crippen MR) is 69.4 cm³/mol. The van der Waals surface area contributed by atoms with Gasteiger partial charge in [0.2, 0.25) is 5.91 Å². The van der Waals surface area contributed by atoms with E-state index in [4.69, 9.17) is 5.73 Å². The van der Waals surface area contributed by atoms with Crippen molar-refractivity contribution < 1.29 is 4.79 Å². The standard InChI is InChI=1S/C11H13N5OS/c12-9-3-4-16(15-9)5-10(17)14-11-13-8(6-18-11)7-1-2-7/h3-4,6-7H,1-2,5H2,(H2,12,15)(H,13,14,17). The second kappa shape index (κ2) is 4.41. The number of nitrogens with zero attached hydrogens (tertiary/aromatic N) is 3. The number of rotatable bonds is 4. The number of carbonyl (C=O) groups is 1. The van der Waals surface area contributed by atoms with Gasteiger partial charge in [-0.2, -0.15) is 5.10 Å². The highest BCUT2D eigenvalue weighted by Gasteiger charge is 2.26. The van der Waals surface area contributed by atoms with Crippen LogP contribution in [-0.4, -0.2) is 20.7 Å². The molecule has 3 N–H and O–H groups in total. The maximum Gasteiger partial charge on any atom is 0.247 e. The van der Waals surface area contributed by atoms with Gasteiger partial charge in [-0.15, -0.1) is 11.3 Å². The van der Waals surface area contributed by atoms with Crippen molar-refractivity contribution in [3.8, 4) is 0 Å². The van der Waals surface area contributed by atoms with Crippen molar-refractivity contribution in [1.29, 1.82) is 0 Å². The lowest BCUT2D eigenvalue weighted by Gasteiger charge is -2.01. The van der Waals surface area contributed by atoms with Crippen molar-refractivity contribution in [2.45, 2.75) is 25.3 Å². The first kappa shape index (κ1) is 11.2. The lowest BCUT2D eigenvalue weighted by molar-refractivity contribution is -0.116. The van der Waals surface area contributed by atoms with Crippen molar-refractivity contribution in [2.75, 3.05) is 11.1 Å². The number of thiazole rings is 1. The summed E-state index contributed by atoms with van der Waals surface area (Å²) in [4.78, 5) is 16.1. The molecule has 2 heterocycles. The molecule has 1 fully saturated rings. The van der Waals surface area contributed by atoms with Gasteiger partial charge in [0.1, 0.15) is 12.4 Å². The molecule has 1 saturated carbocycles. The van der Waals surface area contributed by atoms with Crippen molar-refractivity contribution in [3.63, 3.8) is 0 Å². The van der Waals surface area contributed by atoms with E-state index in [9.17, 15) is 4.79 Å². The number of hydrogen-bond acceptors (Lipinski definition) is 5. The van der Waals surface area contributed by atoms with Crippen molar-refractivity contribution in [2.24, 2.45) is 0 Å². The third-order valence-electron chi connectivity index (χ3n) is 2.73. The largest absolute Gasteiger partial charge is 0.382 e. The second-order valence-corrected chi connectivity index (χ2v) is 5.20. The van der Waals surface area contributed by atoms with Crippen LogP contribution < -0.4 is 11.1 Å². The number of carbonyl (C=O) groups excluding carboxylic acids is 1. The van der Waals surface area contributed by atoms with Crippen LogP contribution in [-0.2, 0) is 11.3 Å². The number of anilines is 2. The molecule has 1 aliphatic rings. The smallest absolute Gasteiger partial charge is 0.247 e. The fourth-order valence-corrected chi connectivity index (χ4v) is 2.49. The van der Waals surface area contributed by atoms with Crippen molar-refractivity contribution >= 4 is 28.2 Å². The Kier molecular flexibility index (Phi) is 2.75. The molecule has 2 aromatic heterocycles. The Morgan fingerprint density at radius 1 is 1.61 bits per heavy atom. The van der Waals surface area contributed by atoms with Gasteiger partial charge in [-0.3, -0.25) is 9.48 Å². The monoisotopic (exact) mass is 263 g/mol. The number of nitrogens with two attached hydrogens (primary N) is 1. The first-order chi connectivity index (χ1) is 8.70. The van der Waals surface area contributed by atoms with E-state index >= 15 is 0 Å². The molecule has 6 nitrogen and oxygen atoms in total. The minimum absolute atomic E-state index is 0.144. The third-order valence-corrected chi connectivity index (χ3v) is 3.51. The summed E-state index contributed by atoms with van der Waals surface area (Å²) >= 11 is 1.46. The molecule has 94 valence electrons. The Hall–Kier alpha value is -1.89. The molecule has 2 aromatic rings. The zero-order chi connectivity index (χ0) is 12.5. The van der Waals surface area contributed by atoms with E-state index in [0.29, 0.717) is 16.9 Å². The molecular weight excluding hydrogens is 250 g/mol. The summed E-state index contributed by atoms with van der Waals surface area (Å²) in [5.41, 5.74) is 6.57. The number of nitrogen functional groups attached to an aromatic ring is 1. The van der Waals surface area contributed by atoms with Crippen LogP contribution in [0.4, 0.5) is 10.9 Å². The van der Waals surface area contributed by atoms with E-state index in [1.54, 1.807) is 12.3 Å². The minimum Gasteiger partial charge on any atom is -0.382 e. The average Bonchev–Trinajstić information content (AvgIpc) is 2.95. The summed E-state index contributed by atoms with van der Waals surface area (Å²) < 4.78 is 1.50. The highest BCUT2D eigenvalue weighted by molar-refractivity contribution is 7.13. The van der Waals surface area contributed by atoms with Gasteiger partial charge in [0, 0.05) is 17.5 Å². The molecule has 3 rings (SSSR count). The molecule has 0 aromatic carbocycles. The number of hydrogen-bond donors (Lipinski definition) is 2. The Balaban J connectivity index is 1.59. The van der Waals surface area contributed by atoms with Crippen LogP contribution in [0, 0.1) is 0 Å². The van der Waals surface area contributed by atoms with E-state index in [0.717, 1.165) is 5.69 Å². The molecule has 0 bridgehead atoms. The molecule has 1 aliphatic carbocycles. The van der Waals surface area contributed by atoms with Crippen LogP contribution in [0.3, 0.4) is 0 Å². The zero-order valence-electron chi connectivity index (χ0n) is 9.67. The van der Waals surface area contributed by atoms with Crippen LogP contribution >= 0.6 is 11.3 Å². The fourth-order valence-electron chi connectivity index (χ4n) is 1.68. The second-order valence-electron chi connectivity index (χ2n) is 4.34. The first-order valence-electron chi connectivity index (χ1n) is 5.75. The lowest BCUT2D eigenvalue weighted by Crippen LogP contribution is -2.19. The van der Waals surface area contributed by atoms with Crippen LogP contribution in [0.5, 0.6) is 0 Å². The highest BCUT2D eigenvalue weighted by Crippen LogP contribution is 2.40. The molecule has 1 amide bonds. The van der Waals surface area contributed by atoms with Gasteiger partial charge in [0.25, 0.3) is 0 Å². The van der Waals surface area contributed by atoms with Gasteiger partial charge in [0.05, 0.1) is 5.69 Å². The Bertz CT molecular complexity index is 572. The van der Waals surface area contributed by atoms with E-state index in [1.165, 1.54) is 28.9 Å². The molecule has 18 heavy (non-hydrogen) atoms. The van der Waals surface area contributed by atoms with Crippen molar-refractivity contribution in [3.05, 3.63) is 23.3 Å². The summed E-state index contributed by atoms with van der Waals surface area (Å²) in [6.07, 6.45) is 4.10. The maximum absolute atomic E-state index is 11.7. The van der Waals surface area contributed by atoms with E-state index in [1.807, 2.05) is 5.38 Å². The van der Waals surface area contributed by atoms with Crippen LogP contribution in [0.1, 0.15) is 24.5 Å². The maximum atomic E-state index is 11.7. The molecular formula is C11H13N5OS. The minimum atomic E-state index is -0.144. The fraction of sp³-hybridized carbons (Fsp3) is 0.364. The Morgan fingerprint density at radius 2 is 2.44 bits per heavy atom. The van der Waals surface area contributed by atoms with Gasteiger partial charge >= 0.3 is 0 Å². The summed E-state index contributed by atoms with van der Waals surface area (Å²) in [5.74, 6) is 0.876. The molecule has 0 saturated heterocycles. The summed E-state index contributed by atoms with van der Waals surface area (Å²) in [6.45, 7) is 0.148. The lowest BCUT2D eigenvalue weighted by atomic mass is 10.3. The predicted octanol–water partition coefficient (Wildman–Crippen LogP) is 1.44. The number of nitrogens with one attached hydrogen (secondary N) is 1. The van der Waals surface area contributed by atoms with Gasteiger partial charge < -0.3 is 11.1 Å². The van der Waals surface area contributed by atoms with Gasteiger partial charge in [0.15, 0.2) is 5.13 Å². The van der Waals surface area contributed by atoms with E-state index in [2.05, 4.69) is 15.4 Å². The summed E-state index contributed by atoms with van der Waals surface area (Å²) in [5, 5.41) is 9.39. The molecule has 0 unspecified atom stereocenters. The Morgan fingerprint density at radius 3 is 3.11 bits per heavy atom. The molecule has 0 spiro atoms. The molecule has 0 atom stereocenters. The number of aromatic nitrogens is 3. The van der Waals surface area contributed by atoms with Gasteiger partial charge in [-0.05, 0) is 18.9 Å². The molecule has 0 radical (unpaired) electrons. The first-order valence-corrected chi connectivity index (χ1v) is 6.63. The van der Waals surface area contributed by atoms with Gasteiger partial charge in [-0.25, -0.2) is 4.98 Å². The average molecular weight is 263 g/mol. The van der Waals surface area contributed by atoms with Crippen LogP contribution in [0.2, 0.25) is 0 Å². The van der Waals surface area contributed by atoms with E-state index < -0.39 is 0 Å². The molecule has 0 aliphatic heterocycles. The van der Waals surface area contributed by atoms with Crippen molar-refractivity contribution in [1.82, 2.24) is 14.8 Å².